The summed E-state index contributed by atoms with van der Waals surface area (Å²) in [6, 6.07) is 13.3. The maximum absolute atomic E-state index is 12.2. The van der Waals surface area contributed by atoms with Crippen molar-refractivity contribution in [2.45, 2.75) is 18.2 Å². The van der Waals surface area contributed by atoms with E-state index in [1.54, 1.807) is 24.0 Å². The first-order valence-corrected chi connectivity index (χ1v) is 7.52. The molecular weight excluding hydrogens is 282 g/mol. The molecule has 0 saturated carbocycles. The van der Waals surface area contributed by atoms with Gasteiger partial charge in [-0.2, -0.15) is 5.26 Å². The van der Waals surface area contributed by atoms with Crippen LogP contribution in [0.3, 0.4) is 0 Å². The van der Waals surface area contributed by atoms with E-state index in [1.807, 2.05) is 37.3 Å². The molecule has 0 unspecified atom stereocenters. The molecule has 2 aromatic rings. The Kier molecular flexibility index (Phi) is 5.35. The number of aromatic nitrogens is 1. The van der Waals surface area contributed by atoms with Crippen LogP contribution in [0.1, 0.15) is 22.5 Å². The topological polar surface area (TPSA) is 65.8 Å². The largest absolute Gasteiger partial charge is 0.321 e. The Bertz CT molecular complexity index is 662. The molecule has 0 aliphatic rings. The fourth-order valence-corrected chi connectivity index (χ4v) is 2.56. The Morgan fingerprint density at radius 1 is 1.33 bits per heavy atom. The highest BCUT2D eigenvalue weighted by Crippen LogP contribution is 2.27. The van der Waals surface area contributed by atoms with Gasteiger partial charge in [-0.25, -0.2) is 0 Å². The van der Waals surface area contributed by atoms with Gasteiger partial charge >= 0.3 is 0 Å². The lowest BCUT2D eigenvalue weighted by Gasteiger charge is -2.10. The van der Waals surface area contributed by atoms with Crippen LogP contribution >= 0.6 is 11.8 Å². The maximum atomic E-state index is 12.2. The molecular formula is C16H15N3OS. The van der Waals surface area contributed by atoms with Crippen molar-refractivity contribution in [2.24, 2.45) is 0 Å². The van der Waals surface area contributed by atoms with E-state index >= 15 is 0 Å². The predicted molar refractivity (Wildman–Crippen MR) is 84.3 cm³/mol. The molecule has 0 bridgehead atoms. The average Bonchev–Trinajstić information content (AvgIpc) is 2.50. The number of nitriles is 1. The summed E-state index contributed by atoms with van der Waals surface area (Å²) < 4.78 is 0. The zero-order chi connectivity index (χ0) is 15.1. The van der Waals surface area contributed by atoms with Crippen molar-refractivity contribution < 1.29 is 4.79 Å². The van der Waals surface area contributed by atoms with Gasteiger partial charge in [0, 0.05) is 29.0 Å². The molecule has 5 heteroatoms. The minimum absolute atomic E-state index is 0.184. The molecule has 1 N–H and O–H groups in total. The Morgan fingerprint density at radius 2 is 2.14 bits per heavy atom. The number of carbonyl (C=O) groups excluding carboxylic acids is 1. The summed E-state index contributed by atoms with van der Waals surface area (Å²) in [4.78, 5) is 17.3. The Morgan fingerprint density at radius 3 is 2.86 bits per heavy atom. The molecule has 1 heterocycles. The van der Waals surface area contributed by atoms with Gasteiger partial charge in [0.05, 0.1) is 17.3 Å². The van der Waals surface area contributed by atoms with Gasteiger partial charge in [0.25, 0.3) is 5.91 Å². The normalized spacial score (nSPS) is 9.90. The summed E-state index contributed by atoms with van der Waals surface area (Å²) in [6.07, 6.45) is 2.05. The Labute approximate surface area is 128 Å². The zero-order valence-electron chi connectivity index (χ0n) is 11.7. The number of nitrogens with zero attached hydrogens (tertiary/aromatic N) is 2. The number of hydrogen-bond donors (Lipinski definition) is 1. The van der Waals surface area contributed by atoms with E-state index in [0.29, 0.717) is 17.7 Å². The van der Waals surface area contributed by atoms with Crippen LogP contribution in [-0.2, 0) is 0 Å². The molecule has 1 aromatic heterocycles. The summed E-state index contributed by atoms with van der Waals surface area (Å²) in [5.74, 6) is 0.519. The SMILES string of the molecule is Cc1ccc(C(=O)Nc2ccccc2SCCC#N)cn1. The van der Waals surface area contributed by atoms with Crippen LogP contribution in [0.25, 0.3) is 0 Å². The fraction of sp³-hybridized carbons (Fsp3) is 0.188. The molecule has 4 nitrogen and oxygen atoms in total. The van der Waals surface area contributed by atoms with Gasteiger partial charge in [-0.1, -0.05) is 12.1 Å². The van der Waals surface area contributed by atoms with E-state index in [1.165, 1.54) is 0 Å². The highest BCUT2D eigenvalue weighted by molar-refractivity contribution is 7.99. The number of para-hydroxylation sites is 1. The minimum Gasteiger partial charge on any atom is -0.321 e. The van der Waals surface area contributed by atoms with E-state index in [4.69, 9.17) is 5.26 Å². The molecule has 0 aliphatic heterocycles. The second-order valence-corrected chi connectivity index (χ2v) is 5.53. The highest BCUT2D eigenvalue weighted by atomic mass is 32.2. The third kappa shape index (κ3) is 4.33. The average molecular weight is 297 g/mol. The van der Waals surface area contributed by atoms with Crippen LogP contribution < -0.4 is 5.32 Å². The number of carbonyl (C=O) groups is 1. The molecule has 21 heavy (non-hydrogen) atoms. The van der Waals surface area contributed by atoms with E-state index < -0.39 is 0 Å². The van der Waals surface area contributed by atoms with Crippen LogP contribution in [0, 0.1) is 18.3 Å². The number of aryl methyl sites for hydroxylation is 1. The Hall–Kier alpha value is -2.32. The molecule has 0 radical (unpaired) electrons. The number of anilines is 1. The van der Waals surface area contributed by atoms with Gasteiger partial charge in [-0.05, 0) is 31.2 Å². The summed E-state index contributed by atoms with van der Waals surface area (Å²) in [6.45, 7) is 1.88. The fourth-order valence-electron chi connectivity index (χ4n) is 1.70. The lowest BCUT2D eigenvalue weighted by atomic mass is 10.2. The smallest absolute Gasteiger partial charge is 0.257 e. The van der Waals surface area contributed by atoms with Crippen molar-refractivity contribution >= 4 is 23.4 Å². The molecule has 0 aliphatic carbocycles. The highest BCUT2D eigenvalue weighted by Gasteiger charge is 2.09. The molecule has 1 aromatic carbocycles. The second kappa shape index (κ2) is 7.46. The zero-order valence-corrected chi connectivity index (χ0v) is 12.5. The third-order valence-corrected chi connectivity index (χ3v) is 3.86. The van der Waals surface area contributed by atoms with E-state index in [0.717, 1.165) is 16.3 Å². The molecule has 0 spiro atoms. The van der Waals surface area contributed by atoms with Gasteiger partial charge in [0.15, 0.2) is 0 Å². The van der Waals surface area contributed by atoms with Gasteiger partial charge in [-0.15, -0.1) is 11.8 Å². The van der Waals surface area contributed by atoms with Gasteiger partial charge in [-0.3, -0.25) is 9.78 Å². The number of nitrogens with one attached hydrogen (secondary N) is 1. The minimum atomic E-state index is -0.184. The summed E-state index contributed by atoms with van der Waals surface area (Å²) in [5.41, 5.74) is 2.16. The van der Waals surface area contributed by atoms with Crippen molar-refractivity contribution in [2.75, 3.05) is 11.1 Å². The molecule has 0 atom stereocenters. The van der Waals surface area contributed by atoms with Crippen molar-refractivity contribution in [1.82, 2.24) is 4.98 Å². The molecule has 0 saturated heterocycles. The first kappa shape index (κ1) is 15.1. The lowest BCUT2D eigenvalue weighted by Crippen LogP contribution is -2.12. The number of benzene rings is 1. The summed E-state index contributed by atoms with van der Waals surface area (Å²) in [5, 5.41) is 11.5. The van der Waals surface area contributed by atoms with Gasteiger partial charge in [0.1, 0.15) is 0 Å². The van der Waals surface area contributed by atoms with Crippen LogP contribution in [0.15, 0.2) is 47.5 Å². The standard InChI is InChI=1S/C16H15N3OS/c1-12-7-8-13(11-18-12)16(20)19-14-5-2-3-6-15(14)21-10-4-9-17/h2-3,5-8,11H,4,10H2,1H3,(H,19,20). The van der Waals surface area contributed by atoms with Crippen molar-refractivity contribution in [3.63, 3.8) is 0 Å². The van der Waals surface area contributed by atoms with E-state index in [2.05, 4.69) is 16.4 Å². The third-order valence-electron chi connectivity index (χ3n) is 2.78. The van der Waals surface area contributed by atoms with Gasteiger partial charge < -0.3 is 5.32 Å². The van der Waals surface area contributed by atoms with Crippen LogP contribution in [0.4, 0.5) is 5.69 Å². The first-order valence-electron chi connectivity index (χ1n) is 6.53. The molecule has 0 fully saturated rings. The van der Waals surface area contributed by atoms with Crippen molar-refractivity contribution in [3.8, 4) is 6.07 Å². The monoisotopic (exact) mass is 297 g/mol. The number of pyridine rings is 1. The van der Waals surface area contributed by atoms with Crippen LogP contribution in [0.2, 0.25) is 0 Å². The summed E-state index contributed by atoms with van der Waals surface area (Å²) >= 11 is 1.56. The first-order chi connectivity index (χ1) is 10.2. The van der Waals surface area contributed by atoms with Gasteiger partial charge in [0.2, 0.25) is 0 Å². The number of hydrogen-bond acceptors (Lipinski definition) is 4. The molecule has 1 amide bonds. The van der Waals surface area contributed by atoms with Crippen LogP contribution in [-0.4, -0.2) is 16.6 Å². The second-order valence-electron chi connectivity index (χ2n) is 4.40. The van der Waals surface area contributed by atoms with Crippen LogP contribution in [0.5, 0.6) is 0 Å². The number of amides is 1. The summed E-state index contributed by atoms with van der Waals surface area (Å²) in [7, 11) is 0. The number of thioether (sulfide) groups is 1. The quantitative estimate of drug-likeness (QED) is 0.676. The lowest BCUT2D eigenvalue weighted by molar-refractivity contribution is 0.102. The Balaban J connectivity index is 2.10. The molecule has 2 rings (SSSR count). The maximum Gasteiger partial charge on any atom is 0.257 e. The number of rotatable bonds is 5. The van der Waals surface area contributed by atoms with E-state index in [-0.39, 0.29) is 5.91 Å². The molecule has 106 valence electrons. The van der Waals surface area contributed by atoms with Crippen molar-refractivity contribution in [3.05, 3.63) is 53.9 Å². The van der Waals surface area contributed by atoms with Crippen molar-refractivity contribution in [1.29, 1.82) is 5.26 Å². The predicted octanol–water partition coefficient (Wildman–Crippen LogP) is 3.65. The van der Waals surface area contributed by atoms with E-state index in [9.17, 15) is 4.79 Å².